The Balaban J connectivity index is 1.73. The summed E-state index contributed by atoms with van der Waals surface area (Å²) < 4.78 is 25.3. The summed E-state index contributed by atoms with van der Waals surface area (Å²) in [4.78, 5) is 32.8. The third-order valence-electron chi connectivity index (χ3n) is 5.54. The summed E-state index contributed by atoms with van der Waals surface area (Å²) in [6.45, 7) is 5.87. The lowest BCUT2D eigenvalue weighted by molar-refractivity contribution is 0.0970. The van der Waals surface area contributed by atoms with E-state index in [0.29, 0.717) is 23.7 Å². The monoisotopic (exact) mass is 442 g/mol. The number of amides is 1. The number of carbonyl (C=O) groups is 1. The Labute approximate surface area is 188 Å². The van der Waals surface area contributed by atoms with Gasteiger partial charge in [-0.2, -0.15) is 0 Å². The third kappa shape index (κ3) is 3.47. The van der Waals surface area contributed by atoms with Crippen molar-refractivity contribution in [2.75, 3.05) is 11.5 Å². The quantitative estimate of drug-likeness (QED) is 0.409. The maximum absolute atomic E-state index is 13.9. The smallest absolute Gasteiger partial charge is 0.296 e. The van der Waals surface area contributed by atoms with Crippen LogP contribution >= 0.6 is 0 Å². The maximum atomic E-state index is 13.9. The van der Waals surface area contributed by atoms with Gasteiger partial charge in [0.1, 0.15) is 29.6 Å². The molecule has 6 nitrogen and oxygen atoms in total. The number of pyridine rings is 1. The lowest BCUT2D eigenvalue weighted by Gasteiger charge is -2.24. The van der Waals surface area contributed by atoms with Gasteiger partial charge in [0.15, 0.2) is 5.43 Å². The molecule has 1 aliphatic rings. The largest absolute Gasteiger partial charge is 0.490 e. The van der Waals surface area contributed by atoms with Crippen LogP contribution in [0.4, 0.5) is 10.2 Å². The number of hydrogen-bond donors (Lipinski definition) is 0. The minimum atomic E-state index is -0.792. The summed E-state index contributed by atoms with van der Waals surface area (Å²) in [5, 5.41) is 0.0801. The van der Waals surface area contributed by atoms with E-state index in [1.165, 1.54) is 17.0 Å². The van der Waals surface area contributed by atoms with Gasteiger partial charge in [-0.15, -0.1) is 0 Å². The Morgan fingerprint density at radius 1 is 1.15 bits per heavy atom. The van der Waals surface area contributed by atoms with E-state index in [1.54, 1.807) is 42.6 Å². The average molecular weight is 442 g/mol. The number of ether oxygens (including phenoxy) is 1. The van der Waals surface area contributed by atoms with Crippen LogP contribution in [0.15, 0.2) is 82.7 Å². The number of halogens is 1. The number of rotatable bonds is 5. The first-order chi connectivity index (χ1) is 16.0. The molecule has 2 aromatic carbocycles. The summed E-state index contributed by atoms with van der Waals surface area (Å²) in [6, 6.07) is 13.5. The van der Waals surface area contributed by atoms with E-state index in [-0.39, 0.29) is 22.3 Å². The average Bonchev–Trinajstić information content (AvgIpc) is 3.11. The number of fused-ring (bicyclic) bond motifs is 2. The number of nitrogens with zero attached hydrogens (tertiary/aromatic N) is 2. The number of benzene rings is 2. The standard InChI is InChI=1S/C26H19FN2O4/c1-3-12-32-18-7-4-16(5-8-18)23-22-24(30)19-14-17(27)6-9-20(19)33-25(22)26(31)29(23)21-13-15(2)10-11-28-21/h3-11,13-14,23H,1,12H2,2H3/t23-/m0/s1. The first-order valence-electron chi connectivity index (χ1n) is 10.3. The van der Waals surface area contributed by atoms with Gasteiger partial charge in [-0.3, -0.25) is 14.5 Å². The number of aromatic nitrogens is 1. The minimum Gasteiger partial charge on any atom is -0.490 e. The van der Waals surface area contributed by atoms with E-state index in [2.05, 4.69) is 11.6 Å². The number of anilines is 1. The molecule has 0 aliphatic carbocycles. The van der Waals surface area contributed by atoms with Crippen LogP contribution in [0.25, 0.3) is 11.0 Å². The molecule has 3 heterocycles. The van der Waals surface area contributed by atoms with Crippen LogP contribution in [0.2, 0.25) is 0 Å². The number of aryl methyl sites for hydroxylation is 1. The van der Waals surface area contributed by atoms with Crippen LogP contribution in [0.5, 0.6) is 5.75 Å². The fourth-order valence-corrected chi connectivity index (χ4v) is 4.05. The van der Waals surface area contributed by atoms with Gasteiger partial charge < -0.3 is 9.15 Å². The molecular weight excluding hydrogens is 423 g/mol. The van der Waals surface area contributed by atoms with Crippen molar-refractivity contribution in [3.8, 4) is 5.75 Å². The van der Waals surface area contributed by atoms with Gasteiger partial charge in [0.25, 0.3) is 5.91 Å². The predicted molar refractivity (Wildman–Crippen MR) is 122 cm³/mol. The molecule has 164 valence electrons. The zero-order valence-electron chi connectivity index (χ0n) is 17.7. The van der Waals surface area contributed by atoms with Crippen molar-refractivity contribution in [1.82, 2.24) is 4.98 Å². The molecule has 0 fully saturated rings. The molecule has 0 saturated heterocycles. The van der Waals surface area contributed by atoms with Crippen molar-refractivity contribution in [2.24, 2.45) is 0 Å². The summed E-state index contributed by atoms with van der Waals surface area (Å²) in [7, 11) is 0. The van der Waals surface area contributed by atoms with E-state index in [1.807, 2.05) is 13.0 Å². The number of carbonyl (C=O) groups excluding carboxylic acids is 1. The molecule has 33 heavy (non-hydrogen) atoms. The second kappa shape index (κ2) is 8.02. The Kier molecular flexibility index (Phi) is 5.01. The van der Waals surface area contributed by atoms with Crippen LogP contribution in [-0.4, -0.2) is 17.5 Å². The highest BCUT2D eigenvalue weighted by molar-refractivity contribution is 6.10. The fourth-order valence-electron chi connectivity index (χ4n) is 4.05. The normalized spacial score (nSPS) is 15.0. The molecule has 1 aliphatic heterocycles. The summed E-state index contributed by atoms with van der Waals surface area (Å²) in [6.07, 6.45) is 3.24. The Hall–Kier alpha value is -4.26. The zero-order valence-corrected chi connectivity index (χ0v) is 17.7. The second-order valence-corrected chi connectivity index (χ2v) is 7.75. The molecule has 0 unspecified atom stereocenters. The molecule has 2 aromatic heterocycles. The first-order valence-corrected chi connectivity index (χ1v) is 10.3. The van der Waals surface area contributed by atoms with E-state index in [4.69, 9.17) is 9.15 Å². The Morgan fingerprint density at radius 2 is 1.94 bits per heavy atom. The van der Waals surface area contributed by atoms with Gasteiger partial charge in [-0.25, -0.2) is 9.37 Å². The summed E-state index contributed by atoms with van der Waals surface area (Å²) in [5.41, 5.74) is 1.42. The molecule has 0 bridgehead atoms. The topological polar surface area (TPSA) is 72.6 Å². The van der Waals surface area contributed by atoms with Gasteiger partial charge in [0, 0.05) is 6.20 Å². The van der Waals surface area contributed by atoms with Gasteiger partial charge in [-0.05, 0) is 60.5 Å². The minimum absolute atomic E-state index is 0.0700. The van der Waals surface area contributed by atoms with Crippen molar-refractivity contribution in [1.29, 1.82) is 0 Å². The third-order valence-corrected chi connectivity index (χ3v) is 5.54. The van der Waals surface area contributed by atoms with Gasteiger partial charge >= 0.3 is 0 Å². The first kappa shape index (κ1) is 20.6. The molecule has 1 amide bonds. The van der Waals surface area contributed by atoms with Crippen LogP contribution in [0.1, 0.15) is 33.3 Å². The molecule has 0 radical (unpaired) electrons. The van der Waals surface area contributed by atoms with E-state index in [9.17, 15) is 14.0 Å². The highest BCUT2D eigenvalue weighted by atomic mass is 19.1. The van der Waals surface area contributed by atoms with Crippen molar-refractivity contribution in [2.45, 2.75) is 13.0 Å². The molecule has 0 N–H and O–H groups in total. The summed E-state index contributed by atoms with van der Waals surface area (Å²) >= 11 is 0. The van der Waals surface area contributed by atoms with Crippen molar-refractivity contribution >= 4 is 22.7 Å². The molecule has 5 rings (SSSR count). The lowest BCUT2D eigenvalue weighted by Crippen LogP contribution is -2.30. The van der Waals surface area contributed by atoms with Gasteiger partial charge in [0.2, 0.25) is 5.76 Å². The lowest BCUT2D eigenvalue weighted by atomic mass is 9.98. The van der Waals surface area contributed by atoms with Gasteiger partial charge in [0.05, 0.1) is 17.0 Å². The molecule has 1 atom stereocenters. The fraction of sp³-hybridized carbons (Fsp3) is 0.115. The SMILES string of the molecule is C=CCOc1ccc([C@H]2c3c(oc4ccc(F)cc4c3=O)C(=O)N2c2cc(C)ccn2)cc1. The molecule has 7 heteroatoms. The molecule has 0 spiro atoms. The van der Waals surface area contributed by atoms with Crippen molar-refractivity contribution < 1.29 is 18.3 Å². The summed E-state index contributed by atoms with van der Waals surface area (Å²) in [5.74, 6) is -0.103. The van der Waals surface area contributed by atoms with Crippen LogP contribution in [0.3, 0.4) is 0 Å². The highest BCUT2D eigenvalue weighted by Crippen LogP contribution is 2.41. The van der Waals surface area contributed by atoms with Gasteiger partial charge in [-0.1, -0.05) is 24.8 Å². The Morgan fingerprint density at radius 3 is 2.67 bits per heavy atom. The van der Waals surface area contributed by atoms with E-state index < -0.39 is 23.2 Å². The Bertz CT molecular complexity index is 1460. The zero-order chi connectivity index (χ0) is 23.1. The highest BCUT2D eigenvalue weighted by Gasteiger charge is 2.44. The van der Waals surface area contributed by atoms with Crippen molar-refractivity contribution in [3.63, 3.8) is 0 Å². The second-order valence-electron chi connectivity index (χ2n) is 7.75. The van der Waals surface area contributed by atoms with E-state index >= 15 is 0 Å². The molecular formula is C26H19FN2O4. The van der Waals surface area contributed by atoms with E-state index in [0.717, 1.165) is 11.6 Å². The number of hydrogen-bond acceptors (Lipinski definition) is 5. The van der Waals surface area contributed by atoms with Crippen LogP contribution in [-0.2, 0) is 0 Å². The van der Waals surface area contributed by atoms with Crippen molar-refractivity contribution in [3.05, 3.63) is 112 Å². The predicted octanol–water partition coefficient (Wildman–Crippen LogP) is 4.95. The van der Waals surface area contributed by atoms with Crippen LogP contribution < -0.4 is 15.1 Å². The molecule has 4 aromatic rings. The maximum Gasteiger partial charge on any atom is 0.296 e. The van der Waals surface area contributed by atoms with Crippen LogP contribution in [0, 0.1) is 12.7 Å². The molecule has 0 saturated carbocycles.